The first kappa shape index (κ1) is 18.6. The van der Waals surface area contributed by atoms with Crippen LogP contribution in [0.5, 0.6) is 0 Å². The Kier molecular flexibility index (Phi) is 5.43. The van der Waals surface area contributed by atoms with E-state index in [1.54, 1.807) is 0 Å². The number of benzene rings is 1. The van der Waals surface area contributed by atoms with Crippen molar-refractivity contribution in [1.29, 1.82) is 0 Å². The molecule has 0 saturated carbocycles. The van der Waals surface area contributed by atoms with Gasteiger partial charge in [0.05, 0.1) is 0 Å². The zero-order valence-corrected chi connectivity index (χ0v) is 16.9. The molecule has 0 radical (unpaired) electrons. The summed E-state index contributed by atoms with van der Waals surface area (Å²) in [4.78, 5) is 15.4. The zero-order chi connectivity index (χ0) is 18.8. The van der Waals surface area contributed by atoms with Gasteiger partial charge in [0.25, 0.3) is 0 Å². The van der Waals surface area contributed by atoms with Crippen LogP contribution in [0.25, 0.3) is 11.4 Å². The van der Waals surface area contributed by atoms with Crippen LogP contribution in [-0.2, 0) is 7.05 Å². The largest absolute Gasteiger partial charge is 0.347 e. The summed E-state index contributed by atoms with van der Waals surface area (Å²) in [5.41, 5.74) is 0.909. The van der Waals surface area contributed by atoms with Crippen molar-refractivity contribution in [3.8, 4) is 11.4 Å². The van der Waals surface area contributed by atoms with Gasteiger partial charge in [0.15, 0.2) is 11.0 Å². The molecule has 0 fully saturated rings. The Bertz CT molecular complexity index is 897. The highest BCUT2D eigenvalue weighted by molar-refractivity contribution is 7.99. The van der Waals surface area contributed by atoms with Crippen molar-refractivity contribution in [2.75, 3.05) is 19.0 Å². The lowest BCUT2D eigenvalue weighted by molar-refractivity contribution is 0.712. The van der Waals surface area contributed by atoms with Gasteiger partial charge in [-0.2, -0.15) is 9.97 Å². The molecule has 0 saturated heterocycles. The standard InChI is InChI=1S/C17H20ClN7S/c1-10(2)13-19-15(24(3)4)21-16(20-13)26-17-23-22-14(25(17)5)11-7-6-8-12(18)9-11/h6-10H,1-5H3. The van der Waals surface area contributed by atoms with Gasteiger partial charge < -0.3 is 9.47 Å². The summed E-state index contributed by atoms with van der Waals surface area (Å²) in [6.07, 6.45) is 0. The van der Waals surface area contributed by atoms with Crippen LogP contribution in [0.3, 0.4) is 0 Å². The summed E-state index contributed by atoms with van der Waals surface area (Å²) < 4.78 is 1.91. The third-order valence-corrected chi connectivity index (χ3v) is 4.78. The smallest absolute Gasteiger partial charge is 0.229 e. The Morgan fingerprint density at radius 1 is 1.12 bits per heavy atom. The van der Waals surface area contributed by atoms with Crippen molar-refractivity contribution in [3.05, 3.63) is 35.1 Å². The summed E-state index contributed by atoms with van der Waals surface area (Å²) >= 11 is 7.45. The molecule has 0 aliphatic carbocycles. The molecule has 136 valence electrons. The number of rotatable bonds is 5. The van der Waals surface area contributed by atoms with E-state index in [4.69, 9.17) is 11.6 Å². The number of aromatic nitrogens is 6. The molecule has 3 rings (SSSR count). The SMILES string of the molecule is CC(C)c1nc(Sc2nnc(-c3cccc(Cl)c3)n2C)nc(N(C)C)n1. The lowest BCUT2D eigenvalue weighted by atomic mass is 10.2. The van der Waals surface area contributed by atoms with Crippen molar-refractivity contribution < 1.29 is 0 Å². The van der Waals surface area contributed by atoms with Gasteiger partial charge in [-0.1, -0.05) is 37.6 Å². The van der Waals surface area contributed by atoms with E-state index >= 15 is 0 Å². The van der Waals surface area contributed by atoms with Gasteiger partial charge in [-0.15, -0.1) is 10.2 Å². The van der Waals surface area contributed by atoms with E-state index in [1.165, 1.54) is 11.8 Å². The highest BCUT2D eigenvalue weighted by Crippen LogP contribution is 2.28. The Morgan fingerprint density at radius 2 is 1.88 bits per heavy atom. The summed E-state index contributed by atoms with van der Waals surface area (Å²) in [5, 5.41) is 10.5. The fraction of sp³-hybridized carbons (Fsp3) is 0.353. The molecule has 1 aromatic carbocycles. The summed E-state index contributed by atoms with van der Waals surface area (Å²) in [7, 11) is 5.73. The molecular weight excluding hydrogens is 370 g/mol. The maximum Gasteiger partial charge on any atom is 0.229 e. The van der Waals surface area contributed by atoms with Gasteiger partial charge in [-0.25, -0.2) is 4.98 Å². The number of anilines is 1. The van der Waals surface area contributed by atoms with E-state index in [9.17, 15) is 0 Å². The Hall–Kier alpha value is -2.19. The molecule has 9 heteroatoms. The zero-order valence-electron chi connectivity index (χ0n) is 15.3. The molecule has 0 spiro atoms. The van der Waals surface area contributed by atoms with Gasteiger partial charge in [0, 0.05) is 37.6 Å². The van der Waals surface area contributed by atoms with Crippen LogP contribution < -0.4 is 4.90 Å². The molecule has 0 amide bonds. The number of nitrogens with zero attached hydrogens (tertiary/aromatic N) is 7. The quantitative estimate of drug-likeness (QED) is 0.659. The normalized spacial score (nSPS) is 11.2. The Labute approximate surface area is 161 Å². The van der Waals surface area contributed by atoms with Gasteiger partial charge in [0.2, 0.25) is 11.1 Å². The van der Waals surface area contributed by atoms with Crippen LogP contribution in [0.2, 0.25) is 5.02 Å². The minimum Gasteiger partial charge on any atom is -0.347 e. The molecule has 0 N–H and O–H groups in total. The fourth-order valence-corrected chi connectivity index (χ4v) is 3.15. The molecule has 0 aliphatic rings. The average molecular weight is 390 g/mol. The third-order valence-electron chi connectivity index (χ3n) is 3.64. The van der Waals surface area contributed by atoms with Crippen molar-refractivity contribution in [1.82, 2.24) is 29.7 Å². The Morgan fingerprint density at radius 3 is 2.54 bits per heavy atom. The van der Waals surface area contributed by atoms with E-state index in [0.29, 0.717) is 21.3 Å². The fourth-order valence-electron chi connectivity index (χ4n) is 2.23. The highest BCUT2D eigenvalue weighted by Gasteiger charge is 2.16. The van der Waals surface area contributed by atoms with Gasteiger partial charge in [0.1, 0.15) is 5.82 Å². The number of halogens is 1. The minimum absolute atomic E-state index is 0.206. The van der Waals surface area contributed by atoms with Crippen LogP contribution >= 0.6 is 23.4 Å². The second-order valence-electron chi connectivity index (χ2n) is 6.30. The molecule has 26 heavy (non-hydrogen) atoms. The van der Waals surface area contributed by atoms with Gasteiger partial charge in [-0.05, 0) is 23.9 Å². The second kappa shape index (κ2) is 7.59. The van der Waals surface area contributed by atoms with Crippen molar-refractivity contribution in [2.24, 2.45) is 7.05 Å². The van der Waals surface area contributed by atoms with Gasteiger partial charge in [-0.3, -0.25) is 0 Å². The van der Waals surface area contributed by atoms with E-state index < -0.39 is 0 Å². The Balaban J connectivity index is 1.95. The molecule has 0 unspecified atom stereocenters. The van der Waals surface area contributed by atoms with E-state index in [2.05, 4.69) is 39.0 Å². The van der Waals surface area contributed by atoms with Crippen LogP contribution in [0.15, 0.2) is 34.6 Å². The average Bonchev–Trinajstić information content (AvgIpc) is 2.95. The molecular formula is C17H20ClN7S. The predicted molar refractivity (Wildman–Crippen MR) is 104 cm³/mol. The van der Waals surface area contributed by atoms with Crippen molar-refractivity contribution in [2.45, 2.75) is 30.1 Å². The monoisotopic (exact) mass is 389 g/mol. The maximum absolute atomic E-state index is 6.08. The lowest BCUT2D eigenvalue weighted by Gasteiger charge is -2.13. The maximum atomic E-state index is 6.08. The summed E-state index contributed by atoms with van der Waals surface area (Å²) in [5.74, 6) is 2.32. The number of hydrogen-bond acceptors (Lipinski definition) is 7. The van der Waals surface area contributed by atoms with Crippen LogP contribution in [0, 0.1) is 0 Å². The van der Waals surface area contributed by atoms with Crippen LogP contribution in [0.1, 0.15) is 25.6 Å². The molecule has 7 nitrogen and oxygen atoms in total. The summed E-state index contributed by atoms with van der Waals surface area (Å²) in [6.45, 7) is 4.12. The summed E-state index contributed by atoms with van der Waals surface area (Å²) in [6, 6.07) is 7.54. The molecule has 2 aromatic heterocycles. The molecule has 0 aliphatic heterocycles. The predicted octanol–water partition coefficient (Wildman–Crippen LogP) is 3.66. The lowest BCUT2D eigenvalue weighted by Crippen LogP contribution is -2.15. The van der Waals surface area contributed by atoms with Crippen LogP contribution in [0.4, 0.5) is 5.95 Å². The first-order chi connectivity index (χ1) is 12.3. The minimum atomic E-state index is 0.206. The van der Waals surface area contributed by atoms with E-state index in [1.807, 2.05) is 54.9 Å². The molecule has 2 heterocycles. The molecule has 0 bridgehead atoms. The van der Waals surface area contributed by atoms with E-state index in [0.717, 1.165) is 17.2 Å². The van der Waals surface area contributed by atoms with E-state index in [-0.39, 0.29) is 5.92 Å². The number of hydrogen-bond donors (Lipinski definition) is 0. The third kappa shape index (κ3) is 3.96. The first-order valence-electron chi connectivity index (χ1n) is 8.11. The molecule has 0 atom stereocenters. The van der Waals surface area contributed by atoms with Crippen LogP contribution in [-0.4, -0.2) is 43.8 Å². The topological polar surface area (TPSA) is 72.6 Å². The second-order valence-corrected chi connectivity index (χ2v) is 7.67. The van der Waals surface area contributed by atoms with Gasteiger partial charge >= 0.3 is 0 Å². The molecule has 3 aromatic rings. The van der Waals surface area contributed by atoms with Crippen molar-refractivity contribution >= 4 is 29.3 Å². The first-order valence-corrected chi connectivity index (χ1v) is 9.31. The highest BCUT2D eigenvalue weighted by atomic mass is 35.5. The van der Waals surface area contributed by atoms with Crippen molar-refractivity contribution in [3.63, 3.8) is 0 Å².